The van der Waals surface area contributed by atoms with Gasteiger partial charge in [-0.05, 0) is 30.7 Å². The highest BCUT2D eigenvalue weighted by Crippen LogP contribution is 2.29. The van der Waals surface area contributed by atoms with Gasteiger partial charge >= 0.3 is 0 Å². The number of nitrogens with two attached hydrogens (primary N) is 1. The third-order valence-electron chi connectivity index (χ3n) is 2.57. The Morgan fingerprint density at radius 1 is 1.28 bits per heavy atom. The Bertz CT molecular complexity index is 672. The standard InChI is InChI=1S/C13H12N4S/c1-8-6-9(14)12(15-7-8)17-13-16-10-4-2-3-5-11(10)18-13/h2-7H,14H2,1H3,(H,15,16,17). The molecule has 0 spiro atoms. The van der Waals surface area contributed by atoms with Crippen molar-refractivity contribution in [3.05, 3.63) is 42.1 Å². The number of hydrogen-bond donors (Lipinski definition) is 2. The van der Waals surface area contributed by atoms with E-state index in [0.29, 0.717) is 11.5 Å². The molecule has 2 aromatic heterocycles. The summed E-state index contributed by atoms with van der Waals surface area (Å²) in [5, 5.41) is 3.97. The van der Waals surface area contributed by atoms with Crippen LogP contribution >= 0.6 is 11.3 Å². The van der Waals surface area contributed by atoms with Crippen molar-refractivity contribution in [1.29, 1.82) is 0 Å². The van der Waals surface area contributed by atoms with Crippen molar-refractivity contribution >= 4 is 38.2 Å². The molecule has 3 rings (SSSR count). The van der Waals surface area contributed by atoms with Crippen LogP contribution in [-0.4, -0.2) is 9.97 Å². The zero-order valence-corrected chi connectivity index (χ0v) is 10.7. The summed E-state index contributed by atoms with van der Waals surface area (Å²) in [5.41, 5.74) is 8.57. The number of aryl methyl sites for hydroxylation is 1. The number of anilines is 3. The van der Waals surface area contributed by atoms with E-state index in [1.54, 1.807) is 17.5 Å². The number of benzene rings is 1. The number of nitrogens with zero attached hydrogens (tertiary/aromatic N) is 2. The van der Waals surface area contributed by atoms with Crippen LogP contribution in [0, 0.1) is 6.92 Å². The third-order valence-corrected chi connectivity index (χ3v) is 3.52. The van der Waals surface area contributed by atoms with Crippen LogP contribution in [0.4, 0.5) is 16.6 Å². The van der Waals surface area contributed by atoms with Crippen LogP contribution in [-0.2, 0) is 0 Å². The number of nitrogen functional groups attached to an aromatic ring is 1. The van der Waals surface area contributed by atoms with Gasteiger partial charge in [-0.2, -0.15) is 0 Å². The van der Waals surface area contributed by atoms with Gasteiger partial charge in [0.15, 0.2) is 10.9 Å². The van der Waals surface area contributed by atoms with Crippen molar-refractivity contribution < 1.29 is 0 Å². The van der Waals surface area contributed by atoms with Gasteiger partial charge in [0.1, 0.15) is 0 Å². The summed E-state index contributed by atoms with van der Waals surface area (Å²) in [4.78, 5) is 8.76. The van der Waals surface area contributed by atoms with Crippen molar-refractivity contribution in [1.82, 2.24) is 9.97 Å². The zero-order chi connectivity index (χ0) is 12.5. The first-order valence-corrected chi connectivity index (χ1v) is 6.39. The van der Waals surface area contributed by atoms with Crippen LogP contribution in [0.3, 0.4) is 0 Å². The van der Waals surface area contributed by atoms with Gasteiger partial charge in [-0.15, -0.1) is 0 Å². The first-order valence-electron chi connectivity index (χ1n) is 5.57. The predicted molar refractivity (Wildman–Crippen MR) is 76.3 cm³/mol. The van der Waals surface area contributed by atoms with Crippen LogP contribution in [0.2, 0.25) is 0 Å². The Hall–Kier alpha value is -2.14. The normalized spacial score (nSPS) is 10.7. The molecule has 0 fully saturated rings. The summed E-state index contributed by atoms with van der Waals surface area (Å²) in [5.74, 6) is 0.652. The molecule has 1 aromatic carbocycles. The minimum atomic E-state index is 0.634. The predicted octanol–water partition coefficient (Wildman–Crippen LogP) is 3.33. The van der Waals surface area contributed by atoms with Gasteiger partial charge in [-0.3, -0.25) is 0 Å². The van der Waals surface area contributed by atoms with Gasteiger partial charge in [0.05, 0.1) is 15.9 Å². The number of nitrogens with one attached hydrogen (secondary N) is 1. The van der Waals surface area contributed by atoms with E-state index in [-0.39, 0.29) is 0 Å². The summed E-state index contributed by atoms with van der Waals surface area (Å²) in [6, 6.07) is 9.91. The highest BCUT2D eigenvalue weighted by molar-refractivity contribution is 7.22. The molecule has 3 aromatic rings. The summed E-state index contributed by atoms with van der Waals surface area (Å²) in [6.45, 7) is 1.96. The molecule has 0 unspecified atom stereocenters. The number of aromatic nitrogens is 2. The van der Waals surface area contributed by atoms with Crippen molar-refractivity contribution in [3.8, 4) is 0 Å². The lowest BCUT2D eigenvalue weighted by molar-refractivity contribution is 1.26. The van der Waals surface area contributed by atoms with E-state index in [1.807, 2.05) is 37.3 Å². The van der Waals surface area contributed by atoms with Crippen molar-refractivity contribution in [2.24, 2.45) is 0 Å². The first-order chi connectivity index (χ1) is 8.72. The maximum absolute atomic E-state index is 5.92. The second-order valence-electron chi connectivity index (χ2n) is 4.06. The Labute approximate surface area is 109 Å². The zero-order valence-electron chi connectivity index (χ0n) is 9.84. The number of para-hydroxylation sites is 1. The number of thiazole rings is 1. The van der Waals surface area contributed by atoms with E-state index in [1.165, 1.54) is 0 Å². The Kier molecular flexibility index (Phi) is 2.60. The molecular weight excluding hydrogens is 244 g/mol. The largest absolute Gasteiger partial charge is 0.396 e. The Balaban J connectivity index is 1.96. The SMILES string of the molecule is Cc1cnc(Nc2nc3ccccc3s2)c(N)c1. The number of pyridine rings is 1. The molecule has 0 aliphatic heterocycles. The number of rotatable bonds is 2. The average Bonchev–Trinajstić information content (AvgIpc) is 2.75. The molecule has 0 saturated heterocycles. The van der Waals surface area contributed by atoms with Crippen LogP contribution in [0.25, 0.3) is 10.2 Å². The van der Waals surface area contributed by atoms with E-state index >= 15 is 0 Å². The molecule has 18 heavy (non-hydrogen) atoms. The lowest BCUT2D eigenvalue weighted by Gasteiger charge is -2.05. The minimum absolute atomic E-state index is 0.634. The van der Waals surface area contributed by atoms with E-state index in [2.05, 4.69) is 15.3 Å². The van der Waals surface area contributed by atoms with Crippen LogP contribution < -0.4 is 11.1 Å². The van der Waals surface area contributed by atoms with Gasteiger partial charge in [-0.1, -0.05) is 23.5 Å². The van der Waals surface area contributed by atoms with Gasteiger partial charge in [-0.25, -0.2) is 9.97 Å². The molecule has 0 amide bonds. The molecule has 4 nitrogen and oxygen atoms in total. The fourth-order valence-corrected chi connectivity index (χ4v) is 2.59. The van der Waals surface area contributed by atoms with Crippen LogP contribution in [0.5, 0.6) is 0 Å². The van der Waals surface area contributed by atoms with E-state index in [4.69, 9.17) is 5.73 Å². The van der Waals surface area contributed by atoms with Crippen molar-refractivity contribution in [3.63, 3.8) is 0 Å². The van der Waals surface area contributed by atoms with Gasteiger partial charge in [0.2, 0.25) is 0 Å². The average molecular weight is 256 g/mol. The maximum Gasteiger partial charge on any atom is 0.189 e. The molecule has 5 heteroatoms. The molecule has 0 radical (unpaired) electrons. The third kappa shape index (κ3) is 2.00. The van der Waals surface area contributed by atoms with Crippen LogP contribution in [0.1, 0.15) is 5.56 Å². The first kappa shape index (κ1) is 11.0. The lowest BCUT2D eigenvalue weighted by Crippen LogP contribution is -1.99. The van der Waals surface area contributed by atoms with Gasteiger partial charge in [0.25, 0.3) is 0 Å². The quantitative estimate of drug-likeness (QED) is 0.738. The van der Waals surface area contributed by atoms with Crippen molar-refractivity contribution in [2.75, 3.05) is 11.1 Å². The fraction of sp³-hybridized carbons (Fsp3) is 0.0769. The second kappa shape index (κ2) is 4.27. The minimum Gasteiger partial charge on any atom is -0.396 e. The summed E-state index contributed by atoms with van der Waals surface area (Å²) in [6.07, 6.45) is 1.78. The molecule has 2 heterocycles. The Morgan fingerprint density at radius 2 is 2.11 bits per heavy atom. The molecule has 0 aliphatic rings. The highest BCUT2D eigenvalue weighted by atomic mass is 32.1. The number of fused-ring (bicyclic) bond motifs is 1. The van der Waals surface area contributed by atoms with Crippen molar-refractivity contribution in [2.45, 2.75) is 6.92 Å². The molecule has 0 aliphatic carbocycles. The molecule has 0 atom stereocenters. The monoisotopic (exact) mass is 256 g/mol. The second-order valence-corrected chi connectivity index (χ2v) is 5.09. The molecule has 3 N–H and O–H groups in total. The van der Waals surface area contributed by atoms with Gasteiger partial charge < -0.3 is 11.1 Å². The molecular formula is C13H12N4S. The molecule has 0 bridgehead atoms. The lowest BCUT2D eigenvalue weighted by atomic mass is 10.3. The number of hydrogen-bond acceptors (Lipinski definition) is 5. The topological polar surface area (TPSA) is 63.8 Å². The van der Waals surface area contributed by atoms with Crippen LogP contribution in [0.15, 0.2) is 36.5 Å². The summed E-state index contributed by atoms with van der Waals surface area (Å²) < 4.78 is 1.14. The maximum atomic E-state index is 5.92. The summed E-state index contributed by atoms with van der Waals surface area (Å²) in [7, 11) is 0. The van der Waals surface area contributed by atoms with E-state index < -0.39 is 0 Å². The summed E-state index contributed by atoms with van der Waals surface area (Å²) >= 11 is 1.59. The fourth-order valence-electron chi connectivity index (χ4n) is 1.72. The highest BCUT2D eigenvalue weighted by Gasteiger charge is 2.06. The Morgan fingerprint density at radius 3 is 2.89 bits per heavy atom. The van der Waals surface area contributed by atoms with E-state index in [9.17, 15) is 0 Å². The smallest absolute Gasteiger partial charge is 0.189 e. The molecule has 0 saturated carbocycles. The molecule has 90 valence electrons. The van der Waals surface area contributed by atoms with E-state index in [0.717, 1.165) is 20.9 Å². The van der Waals surface area contributed by atoms with Gasteiger partial charge in [0, 0.05) is 6.20 Å².